The van der Waals surface area contributed by atoms with Gasteiger partial charge in [0.1, 0.15) is 5.82 Å². The lowest BCUT2D eigenvalue weighted by Crippen LogP contribution is -2.33. The summed E-state index contributed by atoms with van der Waals surface area (Å²) in [6, 6.07) is 1.87. The maximum atomic E-state index is 4.27. The first-order valence-corrected chi connectivity index (χ1v) is 5.29. The molecule has 1 saturated heterocycles. The van der Waals surface area contributed by atoms with E-state index in [9.17, 15) is 0 Å². The molecular weight excluding hydrogens is 174 g/mol. The minimum absolute atomic E-state index is 0.746. The van der Waals surface area contributed by atoms with Crippen LogP contribution in [0.1, 0.15) is 18.7 Å². The van der Waals surface area contributed by atoms with Crippen LogP contribution in [-0.4, -0.2) is 35.0 Å². The van der Waals surface area contributed by atoms with Gasteiger partial charge in [0.05, 0.1) is 0 Å². The van der Waals surface area contributed by atoms with E-state index < -0.39 is 0 Å². The first-order valence-electron chi connectivity index (χ1n) is 5.29. The summed E-state index contributed by atoms with van der Waals surface area (Å²) in [6.07, 6.45) is 7.32. The van der Waals surface area contributed by atoms with Crippen molar-refractivity contribution in [3.8, 4) is 0 Å². The Bertz CT molecular complexity index is 273. The normalized spacial score (nSPS) is 23.6. The van der Waals surface area contributed by atoms with Crippen molar-refractivity contribution in [2.24, 2.45) is 5.92 Å². The number of aromatic nitrogens is 2. The molecule has 0 aromatic carbocycles. The van der Waals surface area contributed by atoms with Crippen LogP contribution in [0.15, 0.2) is 18.5 Å². The molecule has 0 N–H and O–H groups in total. The van der Waals surface area contributed by atoms with Crippen LogP contribution in [0, 0.1) is 5.92 Å². The summed E-state index contributed by atoms with van der Waals surface area (Å²) in [5.74, 6) is 1.74. The summed E-state index contributed by atoms with van der Waals surface area (Å²) in [5, 5.41) is 0. The molecule has 1 fully saturated rings. The molecule has 3 nitrogen and oxygen atoms in total. The fourth-order valence-corrected chi connectivity index (χ4v) is 2.13. The molecule has 3 heteroatoms. The van der Waals surface area contributed by atoms with E-state index in [1.165, 1.54) is 25.9 Å². The van der Waals surface area contributed by atoms with E-state index in [1.54, 1.807) is 0 Å². The predicted molar refractivity (Wildman–Crippen MR) is 56.0 cm³/mol. The Labute approximate surface area is 85.2 Å². The number of hydrogen-bond acceptors (Lipinski definition) is 3. The third-order valence-corrected chi connectivity index (χ3v) is 2.81. The smallest absolute Gasteiger partial charge is 0.128 e. The highest BCUT2D eigenvalue weighted by Gasteiger charge is 2.17. The maximum absolute atomic E-state index is 4.27. The zero-order valence-corrected chi connectivity index (χ0v) is 8.69. The van der Waals surface area contributed by atoms with E-state index >= 15 is 0 Å². The monoisotopic (exact) mass is 191 g/mol. The molecule has 1 aliphatic rings. The van der Waals surface area contributed by atoms with Gasteiger partial charge in [0.2, 0.25) is 0 Å². The highest BCUT2D eigenvalue weighted by atomic mass is 15.1. The van der Waals surface area contributed by atoms with Crippen LogP contribution >= 0.6 is 0 Å². The van der Waals surface area contributed by atoms with Crippen molar-refractivity contribution in [1.29, 1.82) is 0 Å². The number of hydrogen-bond donors (Lipinski definition) is 0. The van der Waals surface area contributed by atoms with Crippen molar-refractivity contribution >= 4 is 0 Å². The average Bonchev–Trinajstić information content (AvgIpc) is 2.19. The third-order valence-electron chi connectivity index (χ3n) is 2.81. The molecule has 0 radical (unpaired) electrons. The van der Waals surface area contributed by atoms with Gasteiger partial charge in [-0.3, -0.25) is 0 Å². The molecule has 0 amide bonds. The second kappa shape index (κ2) is 4.51. The molecular formula is C11H17N3. The quantitative estimate of drug-likeness (QED) is 0.707. The van der Waals surface area contributed by atoms with Gasteiger partial charge < -0.3 is 4.90 Å². The van der Waals surface area contributed by atoms with Crippen LogP contribution in [0.25, 0.3) is 0 Å². The Morgan fingerprint density at radius 2 is 2.21 bits per heavy atom. The number of rotatable bonds is 2. The molecule has 1 atom stereocenters. The second-order valence-electron chi connectivity index (χ2n) is 4.14. The fourth-order valence-electron chi connectivity index (χ4n) is 2.13. The topological polar surface area (TPSA) is 29.0 Å². The van der Waals surface area contributed by atoms with Crippen molar-refractivity contribution in [1.82, 2.24) is 14.9 Å². The molecule has 0 aliphatic carbocycles. The van der Waals surface area contributed by atoms with Gasteiger partial charge in [-0.2, -0.15) is 0 Å². The molecule has 1 aromatic heterocycles. The summed E-state index contributed by atoms with van der Waals surface area (Å²) in [4.78, 5) is 10.9. The van der Waals surface area contributed by atoms with Crippen LogP contribution in [0.3, 0.4) is 0 Å². The first-order chi connectivity index (χ1) is 6.84. The lowest BCUT2D eigenvalue weighted by atomic mass is 9.95. The van der Waals surface area contributed by atoms with Crippen LogP contribution in [0.5, 0.6) is 0 Å². The maximum Gasteiger partial charge on any atom is 0.128 e. The van der Waals surface area contributed by atoms with E-state index in [0.717, 1.165) is 18.2 Å². The van der Waals surface area contributed by atoms with Gasteiger partial charge in [-0.05, 0) is 38.4 Å². The third kappa shape index (κ3) is 2.51. The molecule has 0 saturated carbocycles. The highest BCUT2D eigenvalue weighted by Crippen LogP contribution is 2.17. The van der Waals surface area contributed by atoms with Crippen molar-refractivity contribution < 1.29 is 0 Å². The highest BCUT2D eigenvalue weighted by molar-refractivity contribution is 4.91. The van der Waals surface area contributed by atoms with E-state index in [0.29, 0.717) is 0 Å². The van der Waals surface area contributed by atoms with Crippen LogP contribution < -0.4 is 0 Å². The number of piperidine rings is 1. The Morgan fingerprint density at radius 3 is 2.93 bits per heavy atom. The first kappa shape index (κ1) is 9.59. The number of nitrogens with zero attached hydrogens (tertiary/aromatic N) is 3. The standard InChI is InChI=1S/C11H17N3/c1-14-7-2-4-10(9-14)8-11-12-5-3-6-13-11/h3,5-6,10H,2,4,7-9H2,1H3/t10-/m1/s1. The van der Waals surface area contributed by atoms with Gasteiger partial charge in [0.15, 0.2) is 0 Å². The van der Waals surface area contributed by atoms with Gasteiger partial charge in [-0.15, -0.1) is 0 Å². The van der Waals surface area contributed by atoms with Gasteiger partial charge in [-0.1, -0.05) is 0 Å². The SMILES string of the molecule is CN1CCC[C@H](Cc2ncccn2)C1. The minimum Gasteiger partial charge on any atom is -0.306 e. The predicted octanol–water partition coefficient (Wildman–Crippen LogP) is 1.36. The Morgan fingerprint density at radius 1 is 1.43 bits per heavy atom. The zero-order chi connectivity index (χ0) is 9.80. The average molecular weight is 191 g/mol. The van der Waals surface area contributed by atoms with Crippen LogP contribution in [0.4, 0.5) is 0 Å². The summed E-state index contributed by atoms with van der Waals surface area (Å²) < 4.78 is 0. The fraction of sp³-hybridized carbons (Fsp3) is 0.636. The number of likely N-dealkylation sites (tertiary alicyclic amines) is 1. The molecule has 2 heterocycles. The molecule has 0 bridgehead atoms. The Balaban J connectivity index is 1.91. The van der Waals surface area contributed by atoms with Gasteiger partial charge in [-0.25, -0.2) is 9.97 Å². The lowest BCUT2D eigenvalue weighted by molar-refractivity contribution is 0.207. The van der Waals surface area contributed by atoms with E-state index in [-0.39, 0.29) is 0 Å². The largest absolute Gasteiger partial charge is 0.306 e. The Kier molecular flexibility index (Phi) is 3.09. The molecule has 2 rings (SSSR count). The summed E-state index contributed by atoms with van der Waals surface area (Å²) >= 11 is 0. The van der Waals surface area contributed by atoms with Crippen molar-refractivity contribution in [2.45, 2.75) is 19.3 Å². The zero-order valence-electron chi connectivity index (χ0n) is 8.69. The summed E-state index contributed by atoms with van der Waals surface area (Å²) in [7, 11) is 2.19. The molecule has 1 aliphatic heterocycles. The van der Waals surface area contributed by atoms with Crippen molar-refractivity contribution in [3.05, 3.63) is 24.3 Å². The van der Waals surface area contributed by atoms with Gasteiger partial charge in [0.25, 0.3) is 0 Å². The van der Waals surface area contributed by atoms with Crippen LogP contribution in [0.2, 0.25) is 0 Å². The van der Waals surface area contributed by atoms with Gasteiger partial charge >= 0.3 is 0 Å². The molecule has 0 unspecified atom stereocenters. The molecule has 0 spiro atoms. The van der Waals surface area contributed by atoms with Crippen LogP contribution in [-0.2, 0) is 6.42 Å². The summed E-state index contributed by atoms with van der Waals surface area (Å²) in [5.41, 5.74) is 0. The Hall–Kier alpha value is -0.960. The molecule has 1 aromatic rings. The summed E-state index contributed by atoms with van der Waals surface area (Å²) in [6.45, 7) is 2.43. The van der Waals surface area contributed by atoms with E-state index in [2.05, 4.69) is 21.9 Å². The van der Waals surface area contributed by atoms with Crippen molar-refractivity contribution in [3.63, 3.8) is 0 Å². The van der Waals surface area contributed by atoms with Gasteiger partial charge in [0, 0.05) is 25.4 Å². The van der Waals surface area contributed by atoms with Crippen molar-refractivity contribution in [2.75, 3.05) is 20.1 Å². The lowest BCUT2D eigenvalue weighted by Gasteiger charge is -2.29. The second-order valence-corrected chi connectivity index (χ2v) is 4.14. The minimum atomic E-state index is 0.746. The molecule has 14 heavy (non-hydrogen) atoms. The van der Waals surface area contributed by atoms with E-state index in [4.69, 9.17) is 0 Å². The van der Waals surface area contributed by atoms with E-state index in [1.807, 2.05) is 18.5 Å². The molecule has 76 valence electrons.